The van der Waals surface area contributed by atoms with Crippen molar-refractivity contribution < 1.29 is 9.59 Å². The van der Waals surface area contributed by atoms with Crippen molar-refractivity contribution in [3.05, 3.63) is 95.6 Å². The van der Waals surface area contributed by atoms with Crippen LogP contribution in [0.25, 0.3) is 0 Å². The molecule has 0 fully saturated rings. The summed E-state index contributed by atoms with van der Waals surface area (Å²) < 4.78 is 0. The van der Waals surface area contributed by atoms with E-state index in [1.807, 2.05) is 74.6 Å². The summed E-state index contributed by atoms with van der Waals surface area (Å²) in [4.78, 5) is 23.8. The van der Waals surface area contributed by atoms with Gasteiger partial charge in [-0.25, -0.2) is 0 Å². The van der Waals surface area contributed by atoms with Gasteiger partial charge in [0.25, 0.3) is 5.91 Å². The van der Waals surface area contributed by atoms with Gasteiger partial charge in [0, 0.05) is 0 Å². The van der Waals surface area contributed by atoms with E-state index in [1.54, 1.807) is 12.1 Å². The Morgan fingerprint density at radius 1 is 0.885 bits per heavy atom. The molecule has 0 aliphatic carbocycles. The Balaban J connectivity index is 1.96. The minimum absolute atomic E-state index is 0.240. The van der Waals surface area contributed by atoms with Crippen LogP contribution in [0.3, 0.4) is 0 Å². The number of benzene rings is 3. The first-order valence-corrected chi connectivity index (χ1v) is 8.40. The van der Waals surface area contributed by atoms with Gasteiger partial charge in [0.05, 0.1) is 17.3 Å². The van der Waals surface area contributed by atoms with Crippen molar-refractivity contribution in [2.24, 2.45) is 0 Å². The van der Waals surface area contributed by atoms with E-state index < -0.39 is 0 Å². The minimum Gasteiger partial charge on any atom is -0.341 e. The molecule has 3 aromatic rings. The third kappa shape index (κ3) is 4.01. The molecule has 0 aromatic heterocycles. The van der Waals surface area contributed by atoms with E-state index >= 15 is 0 Å². The standard InChI is InChI=1S/C21H19BN2O2/c22-17-11-12-19(23-14-25)18(13-17)21(26)24-20(15-7-3-1-4-8-15)16-9-5-2-6-10-16/h1-14,20H,22H2,(H,23,25)(H,24,26). The number of carbonyl (C=O) groups is 2. The Hall–Kier alpha value is -3.34. The fraction of sp³-hybridized carbons (Fsp3) is 0.0476. The molecular formula is C21H19BN2O2. The zero-order valence-electron chi connectivity index (χ0n) is 14.5. The van der Waals surface area contributed by atoms with Crippen LogP contribution in [0, 0.1) is 0 Å². The second-order valence-electron chi connectivity index (χ2n) is 6.04. The zero-order valence-corrected chi connectivity index (χ0v) is 14.5. The number of anilines is 1. The Morgan fingerprint density at radius 2 is 1.46 bits per heavy atom. The van der Waals surface area contributed by atoms with Crippen molar-refractivity contribution in [3.8, 4) is 0 Å². The van der Waals surface area contributed by atoms with Gasteiger partial charge in [0.15, 0.2) is 0 Å². The van der Waals surface area contributed by atoms with Crippen molar-refractivity contribution in [1.29, 1.82) is 0 Å². The highest BCUT2D eigenvalue weighted by Crippen LogP contribution is 2.23. The summed E-state index contributed by atoms with van der Waals surface area (Å²) in [6.07, 6.45) is 0.577. The maximum absolute atomic E-state index is 13.0. The molecular weight excluding hydrogens is 323 g/mol. The van der Waals surface area contributed by atoms with Crippen LogP contribution in [0.15, 0.2) is 78.9 Å². The molecule has 3 rings (SSSR count). The fourth-order valence-electron chi connectivity index (χ4n) is 2.89. The first-order valence-electron chi connectivity index (χ1n) is 8.40. The van der Waals surface area contributed by atoms with E-state index in [-0.39, 0.29) is 11.9 Å². The predicted molar refractivity (Wildman–Crippen MR) is 106 cm³/mol. The first-order chi connectivity index (χ1) is 12.7. The molecule has 2 N–H and O–H groups in total. The predicted octanol–water partition coefficient (Wildman–Crippen LogP) is 2.03. The molecule has 0 spiro atoms. The number of nitrogens with one attached hydrogen (secondary N) is 2. The quantitative estimate of drug-likeness (QED) is 0.532. The van der Waals surface area contributed by atoms with E-state index in [1.165, 1.54) is 0 Å². The van der Waals surface area contributed by atoms with E-state index in [4.69, 9.17) is 0 Å². The molecule has 0 aliphatic heterocycles. The number of hydrogen-bond donors (Lipinski definition) is 2. The van der Waals surface area contributed by atoms with E-state index in [0.29, 0.717) is 17.7 Å². The minimum atomic E-state index is -0.283. The van der Waals surface area contributed by atoms with Gasteiger partial charge in [0.1, 0.15) is 7.85 Å². The molecule has 3 aromatic carbocycles. The van der Waals surface area contributed by atoms with Crippen molar-refractivity contribution in [2.75, 3.05) is 5.32 Å². The Bertz CT molecular complexity index is 859. The SMILES string of the molecule is Bc1ccc(NC=O)c(C(=O)NC(c2ccccc2)c2ccccc2)c1. The Morgan fingerprint density at radius 3 is 2.00 bits per heavy atom. The number of hydrogen-bond acceptors (Lipinski definition) is 2. The molecule has 2 amide bonds. The molecule has 0 saturated carbocycles. The summed E-state index contributed by atoms with van der Waals surface area (Å²) in [5.41, 5.74) is 3.86. The number of amides is 2. The lowest BCUT2D eigenvalue weighted by Gasteiger charge is -2.21. The highest BCUT2D eigenvalue weighted by Gasteiger charge is 2.19. The van der Waals surface area contributed by atoms with Crippen molar-refractivity contribution in [2.45, 2.75) is 6.04 Å². The third-order valence-corrected chi connectivity index (χ3v) is 4.18. The van der Waals surface area contributed by atoms with Crippen LogP contribution in [0.4, 0.5) is 5.69 Å². The molecule has 26 heavy (non-hydrogen) atoms. The van der Waals surface area contributed by atoms with Crippen molar-refractivity contribution >= 4 is 31.3 Å². The van der Waals surface area contributed by atoms with Crippen LogP contribution >= 0.6 is 0 Å². The van der Waals surface area contributed by atoms with Gasteiger partial charge < -0.3 is 10.6 Å². The highest BCUT2D eigenvalue weighted by molar-refractivity contribution is 6.33. The molecule has 0 unspecified atom stereocenters. The molecule has 0 atom stereocenters. The van der Waals surface area contributed by atoms with Crippen LogP contribution in [0.5, 0.6) is 0 Å². The molecule has 128 valence electrons. The number of carbonyl (C=O) groups excluding carboxylic acids is 2. The fourth-order valence-corrected chi connectivity index (χ4v) is 2.89. The molecule has 0 saturated heterocycles. The molecule has 0 heterocycles. The lowest BCUT2D eigenvalue weighted by atomic mass is 9.92. The summed E-state index contributed by atoms with van der Waals surface area (Å²) in [6, 6.07) is 24.7. The van der Waals surface area contributed by atoms with Gasteiger partial charge in [-0.2, -0.15) is 0 Å². The van der Waals surface area contributed by atoms with Gasteiger partial charge >= 0.3 is 0 Å². The van der Waals surface area contributed by atoms with Gasteiger partial charge in [-0.1, -0.05) is 78.3 Å². The smallest absolute Gasteiger partial charge is 0.254 e. The van der Waals surface area contributed by atoms with Crippen molar-refractivity contribution in [3.63, 3.8) is 0 Å². The molecule has 0 aliphatic rings. The van der Waals surface area contributed by atoms with Crippen LogP contribution in [0.2, 0.25) is 0 Å². The van der Waals surface area contributed by atoms with E-state index in [9.17, 15) is 9.59 Å². The maximum Gasteiger partial charge on any atom is 0.254 e. The molecule has 5 heteroatoms. The number of rotatable bonds is 6. The van der Waals surface area contributed by atoms with Gasteiger partial charge in [-0.3, -0.25) is 9.59 Å². The molecule has 0 radical (unpaired) electrons. The molecule has 0 bridgehead atoms. The summed E-state index contributed by atoms with van der Waals surface area (Å²) >= 11 is 0. The zero-order chi connectivity index (χ0) is 18.4. The highest BCUT2D eigenvalue weighted by atomic mass is 16.2. The topological polar surface area (TPSA) is 58.2 Å². The van der Waals surface area contributed by atoms with E-state index in [0.717, 1.165) is 16.6 Å². The first kappa shape index (κ1) is 17.5. The Labute approximate surface area is 153 Å². The van der Waals surface area contributed by atoms with Gasteiger partial charge in [-0.05, 0) is 17.2 Å². The van der Waals surface area contributed by atoms with Gasteiger partial charge in [0.2, 0.25) is 6.41 Å². The maximum atomic E-state index is 13.0. The third-order valence-electron chi connectivity index (χ3n) is 4.18. The summed E-state index contributed by atoms with van der Waals surface area (Å²) in [5.74, 6) is -0.240. The lowest BCUT2D eigenvalue weighted by Crippen LogP contribution is -2.30. The summed E-state index contributed by atoms with van der Waals surface area (Å²) in [6.45, 7) is 0. The van der Waals surface area contributed by atoms with Gasteiger partial charge in [-0.15, -0.1) is 0 Å². The van der Waals surface area contributed by atoms with E-state index in [2.05, 4.69) is 10.6 Å². The average molecular weight is 342 g/mol. The van der Waals surface area contributed by atoms with Crippen molar-refractivity contribution in [1.82, 2.24) is 5.32 Å². The normalized spacial score (nSPS) is 10.3. The lowest BCUT2D eigenvalue weighted by molar-refractivity contribution is -0.105. The largest absolute Gasteiger partial charge is 0.341 e. The monoisotopic (exact) mass is 342 g/mol. The molecule has 4 nitrogen and oxygen atoms in total. The summed E-state index contributed by atoms with van der Waals surface area (Å²) in [5, 5.41) is 5.69. The van der Waals surface area contributed by atoms with Crippen LogP contribution < -0.4 is 16.1 Å². The van der Waals surface area contributed by atoms with Crippen LogP contribution in [-0.4, -0.2) is 20.2 Å². The average Bonchev–Trinajstić information content (AvgIpc) is 2.69. The second kappa shape index (κ2) is 8.16. The Kier molecular flexibility index (Phi) is 5.49. The van der Waals surface area contributed by atoms with Crippen LogP contribution in [-0.2, 0) is 4.79 Å². The van der Waals surface area contributed by atoms with Crippen LogP contribution in [0.1, 0.15) is 27.5 Å². The second-order valence-corrected chi connectivity index (χ2v) is 6.04. The summed E-state index contributed by atoms with van der Waals surface area (Å²) in [7, 11) is 1.91.